The fraction of sp³-hybridized carbons (Fsp3) is 0.120. The van der Waals surface area contributed by atoms with Crippen LogP contribution in [-0.2, 0) is 32.3 Å². The lowest BCUT2D eigenvalue weighted by molar-refractivity contribution is -0.156. The van der Waals surface area contributed by atoms with Gasteiger partial charge < -0.3 is 9.47 Å². The molecule has 0 atom stereocenters. The highest BCUT2D eigenvalue weighted by Gasteiger charge is 2.13. The molecule has 0 radical (unpaired) electrons. The predicted octanol–water partition coefficient (Wildman–Crippen LogP) is 3.78. The zero-order valence-corrected chi connectivity index (χ0v) is 17.6. The number of carbonyl (C=O) groups excluding carboxylic acids is 2. The van der Waals surface area contributed by atoms with Crippen LogP contribution < -0.4 is 0 Å². The first-order chi connectivity index (χ1) is 16.2. The molecule has 0 unspecified atom stereocenters. The quantitative estimate of drug-likeness (QED) is 0.301. The molecule has 0 aliphatic carbocycles. The number of hydrogen-bond acceptors (Lipinski definition) is 8. The number of aromatic nitrogens is 4. The standard InChI is InChI=1S/C25H20N4O4/c30-24(32-16-18-7-9-22(28-14-18)20-5-1-3-11-26-20)13-25(31)33-17-19-8-10-23(29-15-19)21-6-2-4-12-27-21/h1-12,14-15H,13,16-17H2. The molecule has 0 saturated carbocycles. The fourth-order valence-electron chi connectivity index (χ4n) is 2.90. The minimum atomic E-state index is -0.669. The Hall–Kier alpha value is -4.46. The van der Waals surface area contributed by atoms with Crippen LogP contribution in [0.25, 0.3) is 22.8 Å². The molecule has 0 N–H and O–H groups in total. The molecular formula is C25H20N4O4. The van der Waals surface area contributed by atoms with Crippen molar-refractivity contribution in [1.29, 1.82) is 0 Å². The molecule has 8 heteroatoms. The van der Waals surface area contributed by atoms with Crippen LogP contribution >= 0.6 is 0 Å². The van der Waals surface area contributed by atoms with E-state index < -0.39 is 18.4 Å². The Balaban J connectivity index is 1.20. The lowest BCUT2D eigenvalue weighted by Crippen LogP contribution is -2.14. The van der Waals surface area contributed by atoms with Gasteiger partial charge in [-0.25, -0.2) is 0 Å². The summed E-state index contributed by atoms with van der Waals surface area (Å²) in [6.07, 6.45) is 6.13. The topological polar surface area (TPSA) is 104 Å². The smallest absolute Gasteiger partial charge is 0.317 e. The number of hydrogen-bond donors (Lipinski definition) is 0. The van der Waals surface area contributed by atoms with Crippen molar-refractivity contribution in [2.75, 3.05) is 0 Å². The zero-order chi connectivity index (χ0) is 22.9. The summed E-state index contributed by atoms with van der Waals surface area (Å²) in [5, 5.41) is 0. The van der Waals surface area contributed by atoms with E-state index in [0.29, 0.717) is 11.1 Å². The van der Waals surface area contributed by atoms with Crippen molar-refractivity contribution in [3.05, 3.63) is 96.6 Å². The van der Waals surface area contributed by atoms with Crippen molar-refractivity contribution < 1.29 is 19.1 Å². The predicted molar refractivity (Wildman–Crippen MR) is 119 cm³/mol. The second-order valence-electron chi connectivity index (χ2n) is 7.03. The van der Waals surface area contributed by atoms with Gasteiger partial charge in [-0.15, -0.1) is 0 Å². The van der Waals surface area contributed by atoms with E-state index in [9.17, 15) is 9.59 Å². The molecule has 0 saturated heterocycles. The van der Waals surface area contributed by atoms with E-state index in [1.54, 1.807) is 49.1 Å². The number of esters is 2. The Morgan fingerprint density at radius 3 is 1.39 bits per heavy atom. The van der Waals surface area contributed by atoms with E-state index in [1.807, 2.05) is 36.4 Å². The average Bonchev–Trinajstić information content (AvgIpc) is 2.88. The molecule has 164 valence electrons. The highest BCUT2D eigenvalue weighted by molar-refractivity contribution is 5.91. The molecule has 0 aliphatic rings. The summed E-state index contributed by atoms with van der Waals surface area (Å²) in [5.74, 6) is -1.34. The van der Waals surface area contributed by atoms with Crippen molar-refractivity contribution in [3.63, 3.8) is 0 Å². The van der Waals surface area contributed by atoms with Gasteiger partial charge >= 0.3 is 11.9 Å². The maximum atomic E-state index is 12.0. The number of carbonyl (C=O) groups is 2. The molecule has 8 nitrogen and oxygen atoms in total. The van der Waals surface area contributed by atoms with E-state index >= 15 is 0 Å². The van der Waals surface area contributed by atoms with Gasteiger partial charge in [0.2, 0.25) is 0 Å². The van der Waals surface area contributed by atoms with E-state index in [-0.39, 0.29) is 13.2 Å². The van der Waals surface area contributed by atoms with Crippen molar-refractivity contribution in [3.8, 4) is 22.8 Å². The molecule has 0 aromatic carbocycles. The summed E-state index contributed by atoms with van der Waals surface area (Å²) in [4.78, 5) is 41.0. The summed E-state index contributed by atoms with van der Waals surface area (Å²) in [5.41, 5.74) is 4.36. The summed E-state index contributed by atoms with van der Waals surface area (Å²) >= 11 is 0. The molecule has 4 aromatic rings. The number of pyridine rings is 4. The molecule has 0 amide bonds. The van der Waals surface area contributed by atoms with E-state index in [0.717, 1.165) is 22.8 Å². The van der Waals surface area contributed by atoms with Crippen LogP contribution in [0.3, 0.4) is 0 Å². The zero-order valence-electron chi connectivity index (χ0n) is 17.6. The van der Waals surface area contributed by atoms with Crippen molar-refractivity contribution in [1.82, 2.24) is 19.9 Å². The molecule has 0 bridgehead atoms. The van der Waals surface area contributed by atoms with Gasteiger partial charge in [-0.05, 0) is 36.4 Å². The highest BCUT2D eigenvalue weighted by Crippen LogP contribution is 2.15. The van der Waals surface area contributed by atoms with Crippen LogP contribution in [-0.4, -0.2) is 31.9 Å². The largest absolute Gasteiger partial charge is 0.460 e. The molecule has 4 heterocycles. The van der Waals surface area contributed by atoms with Gasteiger partial charge in [0, 0.05) is 35.9 Å². The minimum absolute atomic E-state index is 0.0144. The van der Waals surface area contributed by atoms with Gasteiger partial charge in [-0.2, -0.15) is 0 Å². The monoisotopic (exact) mass is 440 g/mol. The lowest BCUT2D eigenvalue weighted by Gasteiger charge is -2.07. The van der Waals surface area contributed by atoms with Crippen LogP contribution in [0.1, 0.15) is 17.5 Å². The third-order valence-electron chi connectivity index (χ3n) is 4.59. The third kappa shape index (κ3) is 6.27. The summed E-state index contributed by atoms with van der Waals surface area (Å²) in [7, 11) is 0. The molecule has 33 heavy (non-hydrogen) atoms. The third-order valence-corrected chi connectivity index (χ3v) is 4.59. The SMILES string of the molecule is O=C(CC(=O)OCc1ccc(-c2ccccn2)nc1)OCc1ccc(-c2ccccn2)nc1. The first-order valence-electron chi connectivity index (χ1n) is 10.2. The fourth-order valence-corrected chi connectivity index (χ4v) is 2.90. The van der Waals surface area contributed by atoms with Crippen LogP contribution in [0, 0.1) is 0 Å². The molecule has 4 rings (SSSR count). The van der Waals surface area contributed by atoms with Gasteiger partial charge in [-0.3, -0.25) is 29.5 Å². The molecule has 0 aliphatic heterocycles. The maximum Gasteiger partial charge on any atom is 0.317 e. The van der Waals surface area contributed by atoms with E-state index in [2.05, 4.69) is 19.9 Å². The first kappa shape index (κ1) is 21.8. The van der Waals surface area contributed by atoms with Gasteiger partial charge in [0.1, 0.15) is 19.6 Å². The van der Waals surface area contributed by atoms with E-state index in [4.69, 9.17) is 9.47 Å². The Morgan fingerprint density at radius 1 is 0.576 bits per heavy atom. The average molecular weight is 440 g/mol. The van der Waals surface area contributed by atoms with Crippen molar-refractivity contribution in [2.24, 2.45) is 0 Å². The van der Waals surface area contributed by atoms with E-state index in [1.165, 1.54) is 0 Å². The molecule has 0 fully saturated rings. The van der Waals surface area contributed by atoms with Crippen LogP contribution in [0.4, 0.5) is 0 Å². The van der Waals surface area contributed by atoms with Crippen LogP contribution in [0.5, 0.6) is 0 Å². The first-order valence-corrected chi connectivity index (χ1v) is 10.2. The summed E-state index contributed by atoms with van der Waals surface area (Å²) in [6.45, 7) is 0.0288. The normalized spacial score (nSPS) is 10.4. The Bertz CT molecular complexity index is 1100. The van der Waals surface area contributed by atoms with Crippen molar-refractivity contribution in [2.45, 2.75) is 19.6 Å². The Morgan fingerprint density at radius 2 is 1.03 bits per heavy atom. The number of nitrogens with zero attached hydrogens (tertiary/aromatic N) is 4. The Kier molecular flexibility index (Phi) is 7.07. The van der Waals surface area contributed by atoms with Crippen LogP contribution in [0.15, 0.2) is 85.5 Å². The molecule has 4 aromatic heterocycles. The van der Waals surface area contributed by atoms with Crippen molar-refractivity contribution >= 4 is 11.9 Å². The lowest BCUT2D eigenvalue weighted by atomic mass is 10.2. The van der Waals surface area contributed by atoms with Gasteiger partial charge in [0.25, 0.3) is 0 Å². The Labute approximate surface area is 190 Å². The second-order valence-corrected chi connectivity index (χ2v) is 7.03. The highest BCUT2D eigenvalue weighted by atomic mass is 16.6. The van der Waals surface area contributed by atoms with Gasteiger partial charge in [-0.1, -0.05) is 24.3 Å². The van der Waals surface area contributed by atoms with Crippen LogP contribution in [0.2, 0.25) is 0 Å². The van der Waals surface area contributed by atoms with Gasteiger partial charge in [0.15, 0.2) is 0 Å². The number of ether oxygens (including phenoxy) is 2. The van der Waals surface area contributed by atoms with Gasteiger partial charge in [0.05, 0.1) is 22.8 Å². The molecular weight excluding hydrogens is 420 g/mol. The second kappa shape index (κ2) is 10.7. The summed E-state index contributed by atoms with van der Waals surface area (Å²) in [6, 6.07) is 18.3. The maximum absolute atomic E-state index is 12.0. The minimum Gasteiger partial charge on any atom is -0.460 e. The summed E-state index contributed by atoms with van der Waals surface area (Å²) < 4.78 is 10.3. The molecule has 0 spiro atoms. The number of rotatable bonds is 8.